The number of sulfonamides is 1. The van der Waals surface area contributed by atoms with Gasteiger partial charge in [-0.15, -0.1) is 0 Å². The Labute approximate surface area is 169 Å². The van der Waals surface area contributed by atoms with Crippen molar-refractivity contribution >= 4 is 27.6 Å². The van der Waals surface area contributed by atoms with Crippen molar-refractivity contribution < 1.29 is 27.5 Å². The molecule has 1 saturated heterocycles. The molecule has 29 heavy (non-hydrogen) atoms. The van der Waals surface area contributed by atoms with Crippen LogP contribution in [0.5, 0.6) is 5.75 Å². The van der Waals surface area contributed by atoms with Crippen molar-refractivity contribution in [2.75, 3.05) is 32.0 Å². The minimum atomic E-state index is -4.07. The molecular formula is C20H22N2O6S. The number of benzene rings is 2. The average molecular weight is 418 g/mol. The number of nitrogens with one attached hydrogen (secondary N) is 1. The molecule has 1 heterocycles. The molecule has 2 aromatic carbocycles. The quantitative estimate of drug-likeness (QED) is 0.724. The van der Waals surface area contributed by atoms with Crippen LogP contribution in [0.25, 0.3) is 0 Å². The molecule has 1 fully saturated rings. The Kier molecular flexibility index (Phi) is 6.07. The van der Waals surface area contributed by atoms with Crippen LogP contribution >= 0.6 is 0 Å². The third kappa shape index (κ3) is 4.34. The largest absolute Gasteiger partial charge is 0.496 e. The normalized spacial score (nSPS) is 13.8. The van der Waals surface area contributed by atoms with Crippen LogP contribution in [0, 0.1) is 0 Å². The number of nitrogens with zero attached hydrogens (tertiary/aromatic N) is 1. The Bertz CT molecular complexity index is 1030. The molecule has 0 radical (unpaired) electrons. The summed E-state index contributed by atoms with van der Waals surface area (Å²) >= 11 is 0. The molecule has 0 aliphatic carbocycles. The van der Waals surface area contributed by atoms with E-state index in [0.29, 0.717) is 18.8 Å². The standard InChI is InChI=1S/C20H22N2O6S/c1-27-18-10-9-14(13-16(18)19(23)22-11-5-6-12-22)29(25,26)21-17-8-4-3-7-15(17)20(24)28-2/h3-4,7-10,13,21H,5-6,11-12H2,1-2H3. The SMILES string of the molecule is COC(=O)c1ccccc1NS(=O)(=O)c1ccc(OC)c(C(=O)N2CCCC2)c1. The van der Waals surface area contributed by atoms with E-state index in [2.05, 4.69) is 4.72 Å². The Morgan fingerprint density at radius 3 is 2.34 bits per heavy atom. The highest BCUT2D eigenvalue weighted by Crippen LogP contribution is 2.27. The van der Waals surface area contributed by atoms with Gasteiger partial charge in [-0.2, -0.15) is 0 Å². The first-order valence-electron chi connectivity index (χ1n) is 9.05. The van der Waals surface area contributed by atoms with Crippen molar-refractivity contribution in [1.29, 1.82) is 0 Å². The van der Waals surface area contributed by atoms with Crippen molar-refractivity contribution in [3.8, 4) is 5.75 Å². The first kappa shape index (κ1) is 20.7. The number of hydrogen-bond acceptors (Lipinski definition) is 6. The summed E-state index contributed by atoms with van der Waals surface area (Å²) in [6.07, 6.45) is 1.83. The van der Waals surface area contributed by atoms with Crippen LogP contribution in [-0.2, 0) is 14.8 Å². The zero-order valence-corrected chi connectivity index (χ0v) is 17.0. The van der Waals surface area contributed by atoms with Gasteiger partial charge in [0, 0.05) is 13.1 Å². The summed E-state index contributed by atoms with van der Waals surface area (Å²) in [5.74, 6) is -0.634. The van der Waals surface area contributed by atoms with Gasteiger partial charge in [0.1, 0.15) is 5.75 Å². The summed E-state index contributed by atoms with van der Waals surface area (Å²) in [4.78, 5) is 26.3. The molecule has 1 aliphatic heterocycles. The number of para-hydroxylation sites is 1. The monoisotopic (exact) mass is 418 g/mol. The van der Waals surface area contributed by atoms with Gasteiger partial charge in [0.2, 0.25) is 0 Å². The number of carbonyl (C=O) groups is 2. The van der Waals surface area contributed by atoms with Gasteiger partial charge in [-0.3, -0.25) is 9.52 Å². The zero-order chi connectivity index (χ0) is 21.0. The predicted octanol–water partition coefficient (Wildman–Crippen LogP) is 2.52. The van der Waals surface area contributed by atoms with Crippen LogP contribution in [0.1, 0.15) is 33.6 Å². The number of hydrogen-bond donors (Lipinski definition) is 1. The molecule has 154 valence electrons. The third-order valence-corrected chi connectivity index (χ3v) is 6.04. The molecule has 1 aliphatic rings. The third-order valence-electron chi connectivity index (χ3n) is 4.68. The van der Waals surface area contributed by atoms with Crippen LogP contribution in [0.2, 0.25) is 0 Å². The summed E-state index contributed by atoms with van der Waals surface area (Å²) in [5.41, 5.74) is 0.349. The zero-order valence-electron chi connectivity index (χ0n) is 16.2. The Morgan fingerprint density at radius 2 is 1.69 bits per heavy atom. The molecule has 1 N–H and O–H groups in total. The van der Waals surface area contributed by atoms with E-state index in [-0.39, 0.29) is 27.6 Å². The topological polar surface area (TPSA) is 102 Å². The van der Waals surface area contributed by atoms with Crippen LogP contribution in [-0.4, -0.2) is 52.5 Å². The summed E-state index contributed by atoms with van der Waals surface area (Å²) in [6, 6.07) is 10.2. The van der Waals surface area contributed by atoms with E-state index in [0.717, 1.165) is 12.8 Å². The van der Waals surface area contributed by atoms with Crippen molar-refractivity contribution in [3.05, 3.63) is 53.6 Å². The lowest BCUT2D eigenvalue weighted by atomic mass is 10.1. The highest BCUT2D eigenvalue weighted by atomic mass is 32.2. The lowest BCUT2D eigenvalue weighted by Gasteiger charge is -2.18. The van der Waals surface area contributed by atoms with E-state index in [1.54, 1.807) is 17.0 Å². The second kappa shape index (κ2) is 8.52. The summed E-state index contributed by atoms with van der Waals surface area (Å²) in [6.45, 7) is 1.26. The van der Waals surface area contributed by atoms with Gasteiger partial charge in [-0.25, -0.2) is 13.2 Å². The van der Waals surface area contributed by atoms with Crippen LogP contribution in [0.15, 0.2) is 47.4 Å². The fourth-order valence-corrected chi connectivity index (χ4v) is 4.28. The maximum Gasteiger partial charge on any atom is 0.339 e. The van der Waals surface area contributed by atoms with E-state index in [9.17, 15) is 18.0 Å². The molecule has 0 spiro atoms. The molecule has 0 bridgehead atoms. The molecule has 8 nitrogen and oxygen atoms in total. The van der Waals surface area contributed by atoms with Gasteiger partial charge in [0.15, 0.2) is 0 Å². The molecule has 0 saturated carbocycles. The van der Waals surface area contributed by atoms with E-state index in [4.69, 9.17) is 9.47 Å². The smallest absolute Gasteiger partial charge is 0.339 e. The molecule has 3 rings (SSSR count). The lowest BCUT2D eigenvalue weighted by Crippen LogP contribution is -2.28. The molecule has 0 aromatic heterocycles. The second-order valence-electron chi connectivity index (χ2n) is 6.50. The molecule has 1 amide bonds. The van der Waals surface area contributed by atoms with Gasteiger partial charge >= 0.3 is 5.97 Å². The number of methoxy groups -OCH3 is 2. The first-order chi connectivity index (χ1) is 13.9. The minimum Gasteiger partial charge on any atom is -0.496 e. The van der Waals surface area contributed by atoms with Crippen molar-refractivity contribution in [3.63, 3.8) is 0 Å². The number of likely N-dealkylation sites (tertiary alicyclic amines) is 1. The summed E-state index contributed by atoms with van der Waals surface area (Å²) in [5, 5.41) is 0. The van der Waals surface area contributed by atoms with Gasteiger partial charge in [-0.05, 0) is 43.2 Å². The Morgan fingerprint density at radius 1 is 1.00 bits per heavy atom. The molecular weight excluding hydrogens is 396 g/mol. The predicted molar refractivity (Wildman–Crippen MR) is 107 cm³/mol. The number of amides is 1. The number of rotatable bonds is 6. The minimum absolute atomic E-state index is 0.0838. The van der Waals surface area contributed by atoms with Crippen LogP contribution < -0.4 is 9.46 Å². The van der Waals surface area contributed by atoms with Crippen molar-refractivity contribution in [1.82, 2.24) is 4.90 Å². The van der Waals surface area contributed by atoms with E-state index in [1.807, 2.05) is 0 Å². The van der Waals surface area contributed by atoms with E-state index < -0.39 is 16.0 Å². The number of ether oxygens (including phenoxy) is 2. The van der Waals surface area contributed by atoms with Crippen molar-refractivity contribution in [2.24, 2.45) is 0 Å². The molecule has 0 unspecified atom stereocenters. The second-order valence-corrected chi connectivity index (χ2v) is 8.19. The van der Waals surface area contributed by atoms with Gasteiger partial charge in [0.25, 0.3) is 15.9 Å². The van der Waals surface area contributed by atoms with E-state index >= 15 is 0 Å². The maximum absolute atomic E-state index is 12.9. The summed E-state index contributed by atoms with van der Waals surface area (Å²) < 4.78 is 38.2. The van der Waals surface area contributed by atoms with Crippen molar-refractivity contribution in [2.45, 2.75) is 17.7 Å². The highest BCUT2D eigenvalue weighted by molar-refractivity contribution is 7.92. The molecule has 2 aromatic rings. The number of esters is 1. The van der Waals surface area contributed by atoms with Crippen LogP contribution in [0.4, 0.5) is 5.69 Å². The first-order valence-corrected chi connectivity index (χ1v) is 10.5. The highest BCUT2D eigenvalue weighted by Gasteiger charge is 2.26. The van der Waals surface area contributed by atoms with Gasteiger partial charge < -0.3 is 14.4 Å². The molecule has 0 atom stereocenters. The molecule has 9 heteroatoms. The fourth-order valence-electron chi connectivity index (χ4n) is 3.18. The summed E-state index contributed by atoms with van der Waals surface area (Å²) in [7, 11) is -1.42. The number of anilines is 1. The maximum atomic E-state index is 12.9. The Balaban J connectivity index is 1.97. The number of carbonyl (C=O) groups excluding carboxylic acids is 2. The van der Waals surface area contributed by atoms with E-state index in [1.165, 1.54) is 44.6 Å². The Hall–Kier alpha value is -3.07. The average Bonchev–Trinajstić information content (AvgIpc) is 3.27. The van der Waals surface area contributed by atoms with Gasteiger partial charge in [-0.1, -0.05) is 12.1 Å². The van der Waals surface area contributed by atoms with Crippen LogP contribution in [0.3, 0.4) is 0 Å². The lowest BCUT2D eigenvalue weighted by molar-refractivity contribution is 0.0601. The van der Waals surface area contributed by atoms with Gasteiger partial charge in [0.05, 0.1) is 35.9 Å². The fraction of sp³-hybridized carbons (Fsp3) is 0.300.